The molecule has 1 aliphatic carbocycles. The van der Waals surface area contributed by atoms with Gasteiger partial charge in [-0.1, -0.05) is 19.0 Å². The maximum absolute atomic E-state index is 12.2. The largest absolute Gasteiger partial charge is 0.361 e. The standard InChI is InChI=1S/C14H19N3O3/c1-8(2)12-13(18)17(14(19)15-12)7-10-9-5-3-4-6-11(9)20-16-10/h8,12H,3-7H2,1-2H3,(H,15,19)/t12-/m1/s1. The van der Waals surface area contributed by atoms with Crippen LogP contribution in [0.3, 0.4) is 0 Å². The fraction of sp³-hybridized carbons (Fsp3) is 0.643. The third kappa shape index (κ3) is 2.09. The fourth-order valence-electron chi connectivity index (χ4n) is 2.87. The van der Waals surface area contributed by atoms with Crippen molar-refractivity contribution in [1.82, 2.24) is 15.4 Å². The summed E-state index contributed by atoms with van der Waals surface area (Å²) in [6.07, 6.45) is 4.04. The Kier molecular flexibility index (Phi) is 3.23. The van der Waals surface area contributed by atoms with Crippen molar-refractivity contribution in [2.24, 2.45) is 5.92 Å². The van der Waals surface area contributed by atoms with E-state index in [9.17, 15) is 9.59 Å². The lowest BCUT2D eigenvalue weighted by molar-refractivity contribution is -0.128. The van der Waals surface area contributed by atoms with Gasteiger partial charge in [-0.15, -0.1) is 0 Å². The van der Waals surface area contributed by atoms with Gasteiger partial charge in [0, 0.05) is 12.0 Å². The van der Waals surface area contributed by atoms with Crippen LogP contribution in [0.2, 0.25) is 0 Å². The van der Waals surface area contributed by atoms with Crippen LogP contribution in [0.5, 0.6) is 0 Å². The Morgan fingerprint density at radius 1 is 1.35 bits per heavy atom. The summed E-state index contributed by atoms with van der Waals surface area (Å²) >= 11 is 0. The van der Waals surface area contributed by atoms with Gasteiger partial charge in [-0.05, 0) is 25.2 Å². The zero-order valence-electron chi connectivity index (χ0n) is 11.8. The van der Waals surface area contributed by atoms with Crippen LogP contribution in [-0.2, 0) is 24.2 Å². The Morgan fingerprint density at radius 2 is 2.10 bits per heavy atom. The van der Waals surface area contributed by atoms with Gasteiger partial charge in [-0.2, -0.15) is 0 Å². The van der Waals surface area contributed by atoms with Gasteiger partial charge in [-0.25, -0.2) is 4.79 Å². The number of amides is 3. The zero-order chi connectivity index (χ0) is 14.3. The minimum Gasteiger partial charge on any atom is -0.361 e. The molecule has 1 aromatic heterocycles. The first-order chi connectivity index (χ1) is 9.58. The molecule has 1 N–H and O–H groups in total. The molecule has 0 spiro atoms. The number of hydrogen-bond donors (Lipinski definition) is 1. The predicted octanol–water partition coefficient (Wildman–Crippen LogP) is 1.63. The number of aromatic nitrogens is 1. The van der Waals surface area contributed by atoms with Gasteiger partial charge in [0.2, 0.25) is 0 Å². The molecule has 6 heteroatoms. The third-order valence-electron chi connectivity index (χ3n) is 4.06. The minimum absolute atomic E-state index is 0.0858. The monoisotopic (exact) mass is 277 g/mol. The molecular formula is C14H19N3O3. The Bertz CT molecular complexity index is 550. The number of carbonyl (C=O) groups excluding carboxylic acids is 2. The summed E-state index contributed by atoms with van der Waals surface area (Å²) in [6.45, 7) is 4.06. The molecule has 0 aromatic carbocycles. The molecule has 1 fully saturated rings. The Balaban J connectivity index is 1.79. The van der Waals surface area contributed by atoms with Crippen molar-refractivity contribution in [3.8, 4) is 0 Å². The van der Waals surface area contributed by atoms with Crippen molar-refractivity contribution in [2.75, 3.05) is 0 Å². The van der Waals surface area contributed by atoms with Gasteiger partial charge in [0.1, 0.15) is 17.5 Å². The summed E-state index contributed by atoms with van der Waals surface area (Å²) in [4.78, 5) is 25.4. The van der Waals surface area contributed by atoms with Crippen LogP contribution < -0.4 is 5.32 Å². The van der Waals surface area contributed by atoms with Gasteiger partial charge in [0.15, 0.2) is 0 Å². The van der Waals surface area contributed by atoms with Crippen molar-refractivity contribution >= 4 is 11.9 Å². The molecule has 1 saturated heterocycles. The SMILES string of the molecule is CC(C)[C@H]1NC(=O)N(Cc2noc3c2CCCC3)C1=O. The first-order valence-corrected chi connectivity index (χ1v) is 7.16. The summed E-state index contributed by atoms with van der Waals surface area (Å²) < 4.78 is 5.32. The van der Waals surface area contributed by atoms with Gasteiger partial charge in [0.05, 0.1) is 6.54 Å². The first kappa shape index (κ1) is 13.1. The zero-order valence-corrected chi connectivity index (χ0v) is 11.8. The van der Waals surface area contributed by atoms with Gasteiger partial charge >= 0.3 is 6.03 Å². The Labute approximate surface area is 117 Å². The topological polar surface area (TPSA) is 75.4 Å². The maximum Gasteiger partial charge on any atom is 0.325 e. The van der Waals surface area contributed by atoms with Crippen LogP contribution in [0.1, 0.15) is 43.7 Å². The normalized spacial score (nSPS) is 22.4. The number of aryl methyl sites for hydroxylation is 1. The fourth-order valence-corrected chi connectivity index (χ4v) is 2.87. The van der Waals surface area contributed by atoms with Crippen molar-refractivity contribution < 1.29 is 14.1 Å². The van der Waals surface area contributed by atoms with E-state index in [1.165, 1.54) is 4.90 Å². The highest BCUT2D eigenvalue weighted by Crippen LogP contribution is 2.26. The number of imide groups is 1. The van der Waals surface area contributed by atoms with E-state index in [0.717, 1.165) is 42.7 Å². The van der Waals surface area contributed by atoms with Crippen LogP contribution >= 0.6 is 0 Å². The maximum atomic E-state index is 12.2. The molecule has 108 valence electrons. The molecular weight excluding hydrogens is 258 g/mol. The predicted molar refractivity (Wildman–Crippen MR) is 70.9 cm³/mol. The average molecular weight is 277 g/mol. The second kappa shape index (κ2) is 4.92. The molecule has 0 radical (unpaired) electrons. The highest BCUT2D eigenvalue weighted by atomic mass is 16.5. The van der Waals surface area contributed by atoms with E-state index in [-0.39, 0.29) is 24.4 Å². The van der Waals surface area contributed by atoms with E-state index >= 15 is 0 Å². The van der Waals surface area contributed by atoms with E-state index in [2.05, 4.69) is 10.5 Å². The van der Waals surface area contributed by atoms with Gasteiger partial charge in [0.25, 0.3) is 5.91 Å². The molecule has 6 nitrogen and oxygen atoms in total. The summed E-state index contributed by atoms with van der Waals surface area (Å²) in [7, 11) is 0. The van der Waals surface area contributed by atoms with Crippen molar-refractivity contribution in [3.05, 3.63) is 17.0 Å². The second-order valence-corrected chi connectivity index (χ2v) is 5.83. The number of nitrogens with zero attached hydrogens (tertiary/aromatic N) is 2. The van der Waals surface area contributed by atoms with E-state index < -0.39 is 6.04 Å². The van der Waals surface area contributed by atoms with Crippen LogP contribution in [0.15, 0.2) is 4.52 Å². The first-order valence-electron chi connectivity index (χ1n) is 7.16. The summed E-state index contributed by atoms with van der Waals surface area (Å²) in [6, 6.07) is -0.758. The lowest BCUT2D eigenvalue weighted by atomic mass is 9.96. The molecule has 0 unspecified atom stereocenters. The van der Waals surface area contributed by atoms with Crippen LogP contribution in [0.4, 0.5) is 4.79 Å². The molecule has 3 rings (SSSR count). The minimum atomic E-state index is -0.426. The van der Waals surface area contributed by atoms with Crippen molar-refractivity contribution in [3.63, 3.8) is 0 Å². The molecule has 0 bridgehead atoms. The van der Waals surface area contributed by atoms with E-state index in [4.69, 9.17) is 4.52 Å². The quantitative estimate of drug-likeness (QED) is 0.852. The summed E-state index contributed by atoms with van der Waals surface area (Å²) in [5.74, 6) is 0.832. The molecule has 1 atom stereocenters. The Morgan fingerprint density at radius 3 is 2.80 bits per heavy atom. The smallest absolute Gasteiger partial charge is 0.325 e. The molecule has 20 heavy (non-hydrogen) atoms. The number of hydrogen-bond acceptors (Lipinski definition) is 4. The highest BCUT2D eigenvalue weighted by Gasteiger charge is 2.40. The summed E-state index contributed by atoms with van der Waals surface area (Å²) in [5, 5.41) is 6.78. The van der Waals surface area contributed by atoms with Crippen molar-refractivity contribution in [1.29, 1.82) is 0 Å². The lowest BCUT2D eigenvalue weighted by Gasteiger charge is -2.14. The number of fused-ring (bicyclic) bond motifs is 1. The van der Waals surface area contributed by atoms with Crippen LogP contribution in [0, 0.1) is 5.92 Å². The van der Waals surface area contributed by atoms with E-state index in [1.54, 1.807) is 0 Å². The second-order valence-electron chi connectivity index (χ2n) is 5.83. The van der Waals surface area contributed by atoms with Crippen LogP contribution in [-0.4, -0.2) is 28.0 Å². The Hall–Kier alpha value is -1.85. The molecule has 1 aliphatic heterocycles. The van der Waals surface area contributed by atoms with Gasteiger partial charge < -0.3 is 9.84 Å². The van der Waals surface area contributed by atoms with E-state index in [0.29, 0.717) is 0 Å². The molecule has 2 heterocycles. The van der Waals surface area contributed by atoms with E-state index in [1.807, 2.05) is 13.8 Å². The number of urea groups is 1. The van der Waals surface area contributed by atoms with Crippen molar-refractivity contribution in [2.45, 2.75) is 52.1 Å². The van der Waals surface area contributed by atoms with Crippen LogP contribution in [0.25, 0.3) is 0 Å². The number of nitrogens with one attached hydrogen (secondary N) is 1. The average Bonchev–Trinajstić information content (AvgIpc) is 2.95. The molecule has 2 aliphatic rings. The third-order valence-corrected chi connectivity index (χ3v) is 4.06. The lowest BCUT2D eigenvalue weighted by Crippen LogP contribution is -2.34. The summed E-state index contributed by atoms with van der Waals surface area (Å²) in [5.41, 5.74) is 1.82. The molecule has 1 aromatic rings. The molecule has 3 amide bonds. The number of rotatable bonds is 3. The molecule has 0 saturated carbocycles. The van der Waals surface area contributed by atoms with Gasteiger partial charge in [-0.3, -0.25) is 9.69 Å². The highest BCUT2D eigenvalue weighted by molar-refractivity contribution is 6.04. The number of carbonyl (C=O) groups is 2.